The number of aromatic nitrogens is 2. The van der Waals surface area contributed by atoms with Crippen molar-refractivity contribution in [3.05, 3.63) is 47.8 Å². The molecule has 0 amide bonds. The molecule has 0 unspecified atom stereocenters. The molecule has 0 spiro atoms. The van der Waals surface area contributed by atoms with Crippen LogP contribution < -0.4 is 10.5 Å². The third-order valence-electron chi connectivity index (χ3n) is 2.60. The van der Waals surface area contributed by atoms with Gasteiger partial charge in [0.25, 0.3) is 0 Å². The van der Waals surface area contributed by atoms with Crippen molar-refractivity contribution in [2.75, 3.05) is 6.54 Å². The Morgan fingerprint density at radius 3 is 2.72 bits per heavy atom. The quantitative estimate of drug-likeness (QED) is 0.876. The minimum Gasteiger partial charge on any atom is -0.486 e. The highest BCUT2D eigenvalue weighted by Gasteiger charge is 2.05. The van der Waals surface area contributed by atoms with Gasteiger partial charge in [-0.3, -0.25) is 0 Å². The Kier molecular flexibility index (Phi) is 3.94. The molecule has 2 rings (SSSR count). The predicted molar refractivity (Wildman–Crippen MR) is 66.7 cm³/mol. The van der Waals surface area contributed by atoms with Gasteiger partial charge in [0.1, 0.15) is 24.0 Å². The first kappa shape index (κ1) is 12.6. The molecule has 96 valence electrons. The largest absolute Gasteiger partial charge is 0.486 e. The highest BCUT2D eigenvalue weighted by molar-refractivity contribution is 5.22. The number of rotatable bonds is 5. The zero-order valence-corrected chi connectivity index (χ0v) is 10.3. The first-order chi connectivity index (χ1) is 8.69. The maximum absolute atomic E-state index is 12.7. The van der Waals surface area contributed by atoms with Gasteiger partial charge in [-0.1, -0.05) is 0 Å². The lowest BCUT2D eigenvalue weighted by molar-refractivity contribution is 0.291. The molecule has 0 aliphatic heterocycles. The monoisotopic (exact) mass is 249 g/mol. The van der Waals surface area contributed by atoms with E-state index in [1.165, 1.54) is 12.1 Å². The van der Waals surface area contributed by atoms with Crippen LogP contribution in [0, 0.1) is 5.82 Å². The number of benzene rings is 1. The van der Waals surface area contributed by atoms with E-state index in [1.54, 1.807) is 12.1 Å². The summed E-state index contributed by atoms with van der Waals surface area (Å²) in [6, 6.07) is 5.93. The Morgan fingerprint density at radius 2 is 2.06 bits per heavy atom. The highest BCUT2D eigenvalue weighted by Crippen LogP contribution is 2.13. The molecular weight excluding hydrogens is 233 g/mol. The molecule has 0 aliphatic rings. The Balaban J connectivity index is 1.99. The summed E-state index contributed by atoms with van der Waals surface area (Å²) < 4.78 is 20.2. The molecule has 1 heterocycles. The van der Waals surface area contributed by atoms with Gasteiger partial charge in [-0.2, -0.15) is 0 Å². The zero-order chi connectivity index (χ0) is 13.0. The van der Waals surface area contributed by atoms with Crippen molar-refractivity contribution < 1.29 is 9.13 Å². The number of imidazole rings is 1. The maximum Gasteiger partial charge on any atom is 0.146 e. The molecule has 0 saturated heterocycles. The van der Waals surface area contributed by atoms with Gasteiger partial charge in [0.15, 0.2) is 0 Å². The number of nitrogens with two attached hydrogens (primary N) is 1. The van der Waals surface area contributed by atoms with Gasteiger partial charge >= 0.3 is 0 Å². The summed E-state index contributed by atoms with van der Waals surface area (Å²) in [5.74, 6) is 1.17. The molecule has 0 atom stereocenters. The van der Waals surface area contributed by atoms with Crippen LogP contribution in [0.2, 0.25) is 0 Å². The zero-order valence-electron chi connectivity index (χ0n) is 10.3. The second kappa shape index (κ2) is 5.64. The standard InChI is InChI=1S/C13H16FN3O/c1-17-8-11(6-7-15)16-13(17)9-18-12-4-2-10(14)3-5-12/h2-5,8H,6-7,9,15H2,1H3. The fourth-order valence-electron chi connectivity index (χ4n) is 1.65. The number of nitrogens with zero attached hydrogens (tertiary/aromatic N) is 2. The smallest absolute Gasteiger partial charge is 0.146 e. The normalized spacial score (nSPS) is 10.6. The molecule has 0 radical (unpaired) electrons. The summed E-state index contributed by atoms with van der Waals surface area (Å²) in [6.45, 7) is 0.933. The van der Waals surface area contributed by atoms with Crippen LogP contribution in [0.5, 0.6) is 5.75 Å². The van der Waals surface area contributed by atoms with Gasteiger partial charge in [-0.15, -0.1) is 0 Å². The molecule has 5 heteroatoms. The summed E-state index contributed by atoms with van der Waals surface area (Å²) >= 11 is 0. The lowest BCUT2D eigenvalue weighted by Gasteiger charge is -2.05. The summed E-state index contributed by atoms with van der Waals surface area (Å²) in [5, 5.41) is 0. The molecule has 4 nitrogen and oxygen atoms in total. The Bertz CT molecular complexity index is 507. The molecule has 2 aromatic rings. The van der Waals surface area contributed by atoms with E-state index in [9.17, 15) is 4.39 Å². The summed E-state index contributed by atoms with van der Waals surface area (Å²) in [6.07, 6.45) is 2.70. The number of aryl methyl sites for hydroxylation is 1. The third-order valence-corrected chi connectivity index (χ3v) is 2.60. The van der Waals surface area contributed by atoms with Crippen LogP contribution in [0.25, 0.3) is 0 Å². The molecule has 0 saturated carbocycles. The van der Waals surface area contributed by atoms with E-state index in [2.05, 4.69) is 4.98 Å². The predicted octanol–water partition coefficient (Wildman–Crippen LogP) is 1.64. The van der Waals surface area contributed by atoms with Gasteiger partial charge in [0.05, 0.1) is 5.69 Å². The number of hydrogen-bond acceptors (Lipinski definition) is 3. The van der Waals surface area contributed by atoms with Crippen molar-refractivity contribution in [3.63, 3.8) is 0 Å². The van der Waals surface area contributed by atoms with Crippen molar-refractivity contribution in [1.82, 2.24) is 9.55 Å². The molecule has 0 fully saturated rings. The van der Waals surface area contributed by atoms with Crippen LogP contribution >= 0.6 is 0 Å². The average Bonchev–Trinajstić information content (AvgIpc) is 2.70. The van der Waals surface area contributed by atoms with Gasteiger partial charge in [0.2, 0.25) is 0 Å². The molecule has 1 aromatic heterocycles. The fraction of sp³-hybridized carbons (Fsp3) is 0.308. The van der Waals surface area contributed by atoms with E-state index < -0.39 is 0 Å². The number of halogens is 1. The van der Waals surface area contributed by atoms with E-state index in [0.29, 0.717) is 18.9 Å². The van der Waals surface area contributed by atoms with E-state index in [4.69, 9.17) is 10.5 Å². The second-order valence-corrected chi connectivity index (χ2v) is 4.04. The minimum absolute atomic E-state index is 0.274. The molecule has 0 bridgehead atoms. The average molecular weight is 249 g/mol. The van der Waals surface area contributed by atoms with Crippen molar-refractivity contribution in [1.29, 1.82) is 0 Å². The molecule has 18 heavy (non-hydrogen) atoms. The number of ether oxygens (including phenoxy) is 1. The second-order valence-electron chi connectivity index (χ2n) is 4.04. The van der Waals surface area contributed by atoms with Crippen molar-refractivity contribution in [2.24, 2.45) is 12.8 Å². The van der Waals surface area contributed by atoms with E-state index in [1.807, 2.05) is 17.8 Å². The molecular formula is C13H16FN3O. The lowest BCUT2D eigenvalue weighted by Crippen LogP contribution is -2.04. The first-order valence-electron chi connectivity index (χ1n) is 5.78. The van der Waals surface area contributed by atoms with Crippen LogP contribution in [-0.2, 0) is 20.1 Å². The topological polar surface area (TPSA) is 53.1 Å². The van der Waals surface area contributed by atoms with Crippen molar-refractivity contribution in [3.8, 4) is 5.75 Å². The number of hydrogen-bond donors (Lipinski definition) is 1. The van der Waals surface area contributed by atoms with Crippen LogP contribution in [-0.4, -0.2) is 16.1 Å². The summed E-state index contributed by atoms with van der Waals surface area (Å²) in [7, 11) is 1.91. The van der Waals surface area contributed by atoms with E-state index in [0.717, 1.165) is 17.9 Å². The van der Waals surface area contributed by atoms with Gasteiger partial charge in [-0.05, 0) is 30.8 Å². The maximum atomic E-state index is 12.7. The Labute approximate surface area is 105 Å². The third kappa shape index (κ3) is 3.07. The first-order valence-corrected chi connectivity index (χ1v) is 5.78. The molecule has 2 N–H and O–H groups in total. The van der Waals surface area contributed by atoms with Gasteiger partial charge in [-0.25, -0.2) is 9.37 Å². The minimum atomic E-state index is -0.274. The lowest BCUT2D eigenvalue weighted by atomic mass is 10.3. The Hall–Kier alpha value is -1.88. The Morgan fingerprint density at radius 1 is 1.33 bits per heavy atom. The van der Waals surface area contributed by atoms with Crippen LogP contribution in [0.3, 0.4) is 0 Å². The van der Waals surface area contributed by atoms with Crippen molar-refractivity contribution >= 4 is 0 Å². The summed E-state index contributed by atoms with van der Waals surface area (Å²) in [5.41, 5.74) is 6.44. The van der Waals surface area contributed by atoms with Gasteiger partial charge in [0, 0.05) is 19.7 Å². The van der Waals surface area contributed by atoms with E-state index in [-0.39, 0.29) is 5.82 Å². The highest BCUT2D eigenvalue weighted by atomic mass is 19.1. The van der Waals surface area contributed by atoms with Crippen LogP contribution in [0.4, 0.5) is 4.39 Å². The van der Waals surface area contributed by atoms with E-state index >= 15 is 0 Å². The SMILES string of the molecule is Cn1cc(CCN)nc1COc1ccc(F)cc1. The van der Waals surface area contributed by atoms with Crippen LogP contribution in [0.15, 0.2) is 30.5 Å². The van der Waals surface area contributed by atoms with Crippen LogP contribution in [0.1, 0.15) is 11.5 Å². The summed E-state index contributed by atoms with van der Waals surface area (Å²) in [4.78, 5) is 4.42. The molecule has 1 aromatic carbocycles. The van der Waals surface area contributed by atoms with Crippen molar-refractivity contribution in [2.45, 2.75) is 13.0 Å². The molecule has 0 aliphatic carbocycles. The fourth-order valence-corrected chi connectivity index (χ4v) is 1.65. The van der Waals surface area contributed by atoms with Gasteiger partial charge < -0.3 is 15.0 Å².